The lowest BCUT2D eigenvalue weighted by atomic mass is 9.98. The van der Waals surface area contributed by atoms with E-state index in [-0.39, 0.29) is 0 Å². The molecule has 0 saturated heterocycles. The second-order valence-electron chi connectivity index (χ2n) is 3.62. The van der Waals surface area contributed by atoms with Crippen LogP contribution in [0.2, 0.25) is 0 Å². The molecule has 15 heavy (non-hydrogen) atoms. The topological polar surface area (TPSA) is 37.9 Å². The number of aromatic nitrogens is 2. The van der Waals surface area contributed by atoms with Gasteiger partial charge in [-0.15, -0.1) is 11.3 Å². The molecule has 0 saturated carbocycles. The van der Waals surface area contributed by atoms with Gasteiger partial charge in [-0.3, -0.25) is 5.10 Å². The normalized spacial score (nSPS) is 18.9. The van der Waals surface area contributed by atoms with Crippen LogP contribution < -0.4 is 4.74 Å². The second-order valence-corrected chi connectivity index (χ2v) is 5.82. The van der Waals surface area contributed by atoms with Crippen molar-refractivity contribution in [3.63, 3.8) is 0 Å². The maximum atomic E-state index is 5.64. The first-order valence-electron chi connectivity index (χ1n) is 4.67. The van der Waals surface area contributed by atoms with E-state index in [1.807, 2.05) is 11.6 Å². The Labute approximate surface area is 99.6 Å². The van der Waals surface area contributed by atoms with Gasteiger partial charge in [-0.2, -0.15) is 5.10 Å². The molecule has 0 aliphatic carbocycles. The fourth-order valence-electron chi connectivity index (χ4n) is 1.94. The lowest BCUT2D eigenvalue weighted by Crippen LogP contribution is -2.05. The number of ether oxygens (including phenoxy) is 1. The summed E-state index contributed by atoms with van der Waals surface area (Å²) >= 11 is 5.24. The predicted octanol–water partition coefficient (Wildman–Crippen LogP) is 3.07. The number of nitrogens with zero attached hydrogens (tertiary/aromatic N) is 1. The highest BCUT2D eigenvalue weighted by Gasteiger charge is 2.31. The SMILES string of the molecule is Cc1cn[nH]c1C1COc2csc(Br)c21. The van der Waals surface area contributed by atoms with E-state index in [0.717, 1.165) is 15.2 Å². The fraction of sp³-hybridized carbons (Fsp3) is 0.300. The van der Waals surface area contributed by atoms with Crippen LogP contribution in [0.5, 0.6) is 5.75 Å². The van der Waals surface area contributed by atoms with Crippen molar-refractivity contribution >= 4 is 27.3 Å². The number of thiophene rings is 1. The zero-order chi connectivity index (χ0) is 10.4. The molecule has 0 amide bonds. The molecule has 2 aromatic rings. The summed E-state index contributed by atoms with van der Waals surface area (Å²) in [5.74, 6) is 1.30. The van der Waals surface area contributed by atoms with Gasteiger partial charge in [0.25, 0.3) is 0 Å². The Bertz CT molecular complexity index is 505. The van der Waals surface area contributed by atoms with E-state index in [9.17, 15) is 0 Å². The zero-order valence-corrected chi connectivity index (χ0v) is 10.5. The van der Waals surface area contributed by atoms with Crippen LogP contribution in [0, 0.1) is 6.92 Å². The summed E-state index contributed by atoms with van der Waals surface area (Å²) in [7, 11) is 0. The molecule has 78 valence electrons. The molecule has 1 unspecified atom stereocenters. The minimum Gasteiger partial charge on any atom is -0.491 e. The zero-order valence-electron chi connectivity index (χ0n) is 8.08. The van der Waals surface area contributed by atoms with Gasteiger partial charge >= 0.3 is 0 Å². The number of H-pyrrole nitrogens is 1. The van der Waals surface area contributed by atoms with E-state index < -0.39 is 0 Å². The number of aryl methyl sites for hydroxylation is 1. The number of hydrogen-bond acceptors (Lipinski definition) is 3. The third kappa shape index (κ3) is 1.33. The summed E-state index contributed by atoms with van der Waals surface area (Å²) in [6.07, 6.45) is 1.85. The van der Waals surface area contributed by atoms with Gasteiger partial charge in [0, 0.05) is 16.6 Å². The maximum Gasteiger partial charge on any atom is 0.135 e. The number of rotatable bonds is 1. The molecule has 0 aromatic carbocycles. The molecule has 3 nitrogen and oxygen atoms in total. The third-order valence-corrected chi connectivity index (χ3v) is 4.46. The van der Waals surface area contributed by atoms with Crippen molar-refractivity contribution < 1.29 is 4.74 Å². The molecule has 0 fully saturated rings. The second kappa shape index (κ2) is 3.35. The van der Waals surface area contributed by atoms with Crippen molar-refractivity contribution in [2.75, 3.05) is 6.61 Å². The molecule has 3 rings (SSSR count). The molecule has 1 aliphatic rings. The molecule has 0 radical (unpaired) electrons. The highest BCUT2D eigenvalue weighted by Crippen LogP contribution is 2.46. The predicted molar refractivity (Wildman–Crippen MR) is 62.7 cm³/mol. The van der Waals surface area contributed by atoms with Crippen LogP contribution >= 0.6 is 27.3 Å². The van der Waals surface area contributed by atoms with Gasteiger partial charge in [0.1, 0.15) is 12.4 Å². The van der Waals surface area contributed by atoms with Gasteiger partial charge < -0.3 is 4.74 Å². The molecular weight excluding hydrogens is 276 g/mol. The van der Waals surface area contributed by atoms with E-state index in [2.05, 4.69) is 33.1 Å². The molecule has 0 spiro atoms. The van der Waals surface area contributed by atoms with Crippen molar-refractivity contribution in [1.29, 1.82) is 0 Å². The summed E-state index contributed by atoms with van der Waals surface area (Å²) in [6.45, 7) is 2.77. The minimum absolute atomic E-state index is 0.295. The molecular formula is C10H9BrN2OS. The highest BCUT2D eigenvalue weighted by atomic mass is 79.9. The Balaban J connectivity index is 2.11. The number of fused-ring (bicyclic) bond motifs is 1. The fourth-order valence-corrected chi connectivity index (χ4v) is 3.47. The monoisotopic (exact) mass is 284 g/mol. The van der Waals surface area contributed by atoms with Gasteiger partial charge in [-0.1, -0.05) is 0 Å². The molecule has 1 aliphatic heterocycles. The van der Waals surface area contributed by atoms with Crippen LogP contribution in [0.25, 0.3) is 0 Å². The van der Waals surface area contributed by atoms with E-state index in [1.54, 1.807) is 11.3 Å². The van der Waals surface area contributed by atoms with E-state index in [4.69, 9.17) is 4.74 Å². The largest absolute Gasteiger partial charge is 0.491 e. The molecule has 5 heteroatoms. The molecule has 3 heterocycles. The lowest BCUT2D eigenvalue weighted by Gasteiger charge is -2.07. The van der Waals surface area contributed by atoms with Crippen LogP contribution in [-0.2, 0) is 0 Å². The van der Waals surface area contributed by atoms with Gasteiger partial charge in [-0.05, 0) is 28.4 Å². The average molecular weight is 285 g/mol. The van der Waals surface area contributed by atoms with Crippen LogP contribution in [-0.4, -0.2) is 16.8 Å². The minimum atomic E-state index is 0.295. The first-order valence-corrected chi connectivity index (χ1v) is 6.34. The van der Waals surface area contributed by atoms with Crippen molar-refractivity contribution in [3.8, 4) is 5.75 Å². The standard InChI is InChI=1S/C10H9BrN2OS/c1-5-2-12-13-9(5)6-3-14-7-4-15-10(11)8(6)7/h2,4,6H,3H2,1H3,(H,12,13). The summed E-state index contributed by atoms with van der Waals surface area (Å²) in [6, 6.07) is 0. The molecule has 2 aromatic heterocycles. The van der Waals surface area contributed by atoms with Crippen LogP contribution in [0.15, 0.2) is 15.4 Å². The number of aromatic amines is 1. The Kier molecular flexibility index (Phi) is 2.10. The Morgan fingerprint density at radius 3 is 3.27 bits per heavy atom. The van der Waals surface area contributed by atoms with Crippen molar-refractivity contribution in [2.45, 2.75) is 12.8 Å². The quantitative estimate of drug-likeness (QED) is 0.874. The summed E-state index contributed by atoms with van der Waals surface area (Å²) in [5, 5.41) is 9.17. The summed E-state index contributed by atoms with van der Waals surface area (Å²) in [5.41, 5.74) is 3.61. The van der Waals surface area contributed by atoms with Crippen LogP contribution in [0.3, 0.4) is 0 Å². The van der Waals surface area contributed by atoms with E-state index in [1.165, 1.54) is 11.1 Å². The number of nitrogens with one attached hydrogen (secondary N) is 1. The first-order chi connectivity index (χ1) is 7.27. The van der Waals surface area contributed by atoms with E-state index in [0.29, 0.717) is 12.5 Å². The lowest BCUT2D eigenvalue weighted by molar-refractivity contribution is 0.341. The summed E-state index contributed by atoms with van der Waals surface area (Å²) in [4.78, 5) is 0. The van der Waals surface area contributed by atoms with Crippen molar-refractivity contribution in [2.24, 2.45) is 0 Å². The Morgan fingerprint density at radius 1 is 1.67 bits per heavy atom. The maximum absolute atomic E-state index is 5.64. The van der Waals surface area contributed by atoms with Crippen molar-refractivity contribution in [3.05, 3.63) is 32.2 Å². The van der Waals surface area contributed by atoms with Gasteiger partial charge in [0.05, 0.1) is 15.9 Å². The third-order valence-electron chi connectivity index (χ3n) is 2.72. The molecule has 1 N–H and O–H groups in total. The average Bonchev–Trinajstić information content (AvgIpc) is 2.85. The number of halogens is 1. The Hall–Kier alpha value is -0.810. The van der Waals surface area contributed by atoms with Gasteiger partial charge in [0.2, 0.25) is 0 Å². The van der Waals surface area contributed by atoms with Gasteiger partial charge in [0.15, 0.2) is 0 Å². The van der Waals surface area contributed by atoms with Crippen LogP contribution in [0.1, 0.15) is 22.7 Å². The van der Waals surface area contributed by atoms with E-state index >= 15 is 0 Å². The van der Waals surface area contributed by atoms with Crippen molar-refractivity contribution in [1.82, 2.24) is 10.2 Å². The van der Waals surface area contributed by atoms with Crippen LogP contribution in [0.4, 0.5) is 0 Å². The smallest absolute Gasteiger partial charge is 0.135 e. The first kappa shape index (κ1) is 9.42. The highest BCUT2D eigenvalue weighted by molar-refractivity contribution is 9.11. The molecule has 1 atom stereocenters. The van der Waals surface area contributed by atoms with Gasteiger partial charge in [-0.25, -0.2) is 0 Å². The summed E-state index contributed by atoms with van der Waals surface area (Å²) < 4.78 is 6.80. The number of hydrogen-bond donors (Lipinski definition) is 1. The Morgan fingerprint density at radius 2 is 2.53 bits per heavy atom. The molecule has 0 bridgehead atoms.